The van der Waals surface area contributed by atoms with Crippen molar-refractivity contribution in [2.24, 2.45) is 5.10 Å². The first kappa shape index (κ1) is 19.4. The monoisotopic (exact) mass is 375 g/mol. The van der Waals surface area contributed by atoms with Crippen molar-refractivity contribution in [3.63, 3.8) is 0 Å². The van der Waals surface area contributed by atoms with E-state index in [0.29, 0.717) is 22.0 Å². The molecule has 1 amide bonds. The van der Waals surface area contributed by atoms with E-state index in [1.54, 1.807) is 31.2 Å². The van der Waals surface area contributed by atoms with Crippen molar-refractivity contribution in [2.75, 3.05) is 6.61 Å². The standard InChI is InChI=1S/C18H18ClN3O4/c1-11-8-16(9-12(2)18(11)19)26-10-17(23)21-20-13(3)14-4-6-15(7-5-14)22(24)25/h4-9H,10H2,1-3H3,(H,21,23). The number of aryl methyl sites for hydroxylation is 2. The second-order valence-electron chi connectivity index (χ2n) is 5.70. The Hall–Kier alpha value is -2.93. The average Bonchev–Trinajstić information content (AvgIpc) is 2.62. The number of halogens is 1. The van der Waals surface area contributed by atoms with E-state index in [1.807, 2.05) is 13.8 Å². The van der Waals surface area contributed by atoms with Crippen LogP contribution in [-0.2, 0) is 4.79 Å². The van der Waals surface area contributed by atoms with E-state index >= 15 is 0 Å². The van der Waals surface area contributed by atoms with Gasteiger partial charge in [0.05, 0.1) is 10.6 Å². The van der Waals surface area contributed by atoms with Gasteiger partial charge in [-0.2, -0.15) is 5.10 Å². The predicted octanol–water partition coefficient (Wildman–Crippen LogP) is 3.78. The zero-order chi connectivity index (χ0) is 19.3. The van der Waals surface area contributed by atoms with Crippen LogP contribution in [0.5, 0.6) is 5.75 Å². The predicted molar refractivity (Wildman–Crippen MR) is 99.9 cm³/mol. The fourth-order valence-corrected chi connectivity index (χ4v) is 2.31. The van der Waals surface area contributed by atoms with E-state index in [9.17, 15) is 14.9 Å². The Kier molecular flexibility index (Phi) is 6.30. The van der Waals surface area contributed by atoms with Crippen LogP contribution in [-0.4, -0.2) is 23.1 Å². The minimum absolute atomic E-state index is 0.00691. The van der Waals surface area contributed by atoms with Crippen LogP contribution in [0.15, 0.2) is 41.5 Å². The second kappa shape index (κ2) is 8.44. The maximum atomic E-state index is 11.9. The molecule has 1 N–H and O–H groups in total. The highest BCUT2D eigenvalue weighted by Gasteiger charge is 2.08. The number of nitrogens with one attached hydrogen (secondary N) is 1. The lowest BCUT2D eigenvalue weighted by molar-refractivity contribution is -0.384. The molecule has 7 nitrogen and oxygen atoms in total. The molecule has 0 aromatic heterocycles. The molecule has 2 aromatic rings. The first-order valence-corrected chi connectivity index (χ1v) is 8.13. The number of hydrazone groups is 1. The Bertz CT molecular complexity index is 840. The molecule has 0 bridgehead atoms. The average molecular weight is 376 g/mol. The van der Waals surface area contributed by atoms with Crippen molar-refractivity contribution in [1.29, 1.82) is 0 Å². The molecule has 0 atom stereocenters. The van der Waals surface area contributed by atoms with E-state index in [1.165, 1.54) is 12.1 Å². The molecule has 0 radical (unpaired) electrons. The van der Waals surface area contributed by atoms with Crippen molar-refractivity contribution >= 4 is 28.9 Å². The normalized spacial score (nSPS) is 11.2. The zero-order valence-corrected chi connectivity index (χ0v) is 15.3. The molecule has 0 fully saturated rings. The van der Waals surface area contributed by atoms with Crippen LogP contribution in [0.25, 0.3) is 0 Å². The number of hydrogen-bond donors (Lipinski definition) is 1. The number of nitrogens with zero attached hydrogens (tertiary/aromatic N) is 2. The highest BCUT2D eigenvalue weighted by atomic mass is 35.5. The van der Waals surface area contributed by atoms with Gasteiger partial charge in [-0.1, -0.05) is 11.6 Å². The molecule has 8 heteroatoms. The lowest BCUT2D eigenvalue weighted by Gasteiger charge is -2.09. The number of carbonyl (C=O) groups excluding carboxylic acids is 1. The summed E-state index contributed by atoms with van der Waals surface area (Å²) in [5.41, 5.74) is 5.31. The van der Waals surface area contributed by atoms with Gasteiger partial charge in [-0.05, 0) is 61.7 Å². The largest absolute Gasteiger partial charge is 0.484 e. The van der Waals surface area contributed by atoms with Crippen LogP contribution in [0, 0.1) is 24.0 Å². The molecule has 0 aliphatic rings. The third kappa shape index (κ3) is 5.03. The first-order chi connectivity index (χ1) is 12.3. The summed E-state index contributed by atoms with van der Waals surface area (Å²) in [5, 5.41) is 15.3. The summed E-state index contributed by atoms with van der Waals surface area (Å²) < 4.78 is 5.45. The number of carbonyl (C=O) groups is 1. The van der Waals surface area contributed by atoms with Gasteiger partial charge in [-0.15, -0.1) is 0 Å². The fraction of sp³-hybridized carbons (Fsp3) is 0.222. The third-order valence-electron chi connectivity index (χ3n) is 3.62. The van der Waals surface area contributed by atoms with E-state index in [0.717, 1.165) is 11.1 Å². The van der Waals surface area contributed by atoms with Crippen LogP contribution in [0.4, 0.5) is 5.69 Å². The van der Waals surface area contributed by atoms with Gasteiger partial charge in [-0.25, -0.2) is 5.43 Å². The molecule has 0 aliphatic heterocycles. The topological polar surface area (TPSA) is 93.8 Å². The number of nitro benzene ring substituents is 1. The number of rotatable bonds is 6. The quantitative estimate of drug-likeness (QED) is 0.472. The molecule has 0 saturated carbocycles. The van der Waals surface area contributed by atoms with Gasteiger partial charge in [0.25, 0.3) is 11.6 Å². The van der Waals surface area contributed by atoms with E-state index < -0.39 is 10.8 Å². The molecular formula is C18H18ClN3O4. The van der Waals surface area contributed by atoms with Gasteiger partial charge >= 0.3 is 0 Å². The van der Waals surface area contributed by atoms with Crippen LogP contribution in [0.1, 0.15) is 23.6 Å². The molecule has 136 valence electrons. The summed E-state index contributed by atoms with van der Waals surface area (Å²) in [4.78, 5) is 22.0. The Morgan fingerprint density at radius 2 is 1.81 bits per heavy atom. The lowest BCUT2D eigenvalue weighted by Crippen LogP contribution is -2.25. The first-order valence-electron chi connectivity index (χ1n) is 7.75. The smallest absolute Gasteiger partial charge is 0.277 e. The number of hydrogen-bond acceptors (Lipinski definition) is 5. The van der Waals surface area contributed by atoms with Gasteiger partial charge in [0.15, 0.2) is 6.61 Å². The molecule has 2 aromatic carbocycles. The maximum absolute atomic E-state index is 11.9. The Morgan fingerprint density at radius 1 is 1.23 bits per heavy atom. The maximum Gasteiger partial charge on any atom is 0.277 e. The SMILES string of the molecule is CC(=NNC(=O)COc1cc(C)c(Cl)c(C)c1)c1ccc([N+](=O)[O-])cc1. The molecule has 0 unspecified atom stereocenters. The second-order valence-corrected chi connectivity index (χ2v) is 6.07. The van der Waals surface area contributed by atoms with E-state index in [-0.39, 0.29) is 12.3 Å². The number of benzene rings is 2. The Balaban J connectivity index is 1.93. The Morgan fingerprint density at radius 3 is 2.35 bits per heavy atom. The molecule has 0 heterocycles. The number of amides is 1. The van der Waals surface area contributed by atoms with E-state index in [2.05, 4.69) is 10.5 Å². The minimum atomic E-state index is -0.477. The van der Waals surface area contributed by atoms with Crippen molar-refractivity contribution < 1.29 is 14.5 Å². The van der Waals surface area contributed by atoms with Crippen LogP contribution < -0.4 is 10.2 Å². The van der Waals surface area contributed by atoms with Gasteiger partial charge in [0.1, 0.15) is 5.75 Å². The Labute approximate surface area is 155 Å². The van der Waals surface area contributed by atoms with Gasteiger partial charge < -0.3 is 4.74 Å². The fourth-order valence-electron chi connectivity index (χ4n) is 2.21. The van der Waals surface area contributed by atoms with Crippen molar-refractivity contribution in [1.82, 2.24) is 5.43 Å². The van der Waals surface area contributed by atoms with Crippen LogP contribution in [0.3, 0.4) is 0 Å². The molecule has 0 aliphatic carbocycles. The molecular weight excluding hydrogens is 358 g/mol. The lowest BCUT2D eigenvalue weighted by atomic mass is 10.1. The summed E-state index contributed by atoms with van der Waals surface area (Å²) in [7, 11) is 0. The number of nitro groups is 1. The summed E-state index contributed by atoms with van der Waals surface area (Å²) in [6.45, 7) is 5.21. The highest BCUT2D eigenvalue weighted by molar-refractivity contribution is 6.32. The van der Waals surface area contributed by atoms with Crippen LogP contribution in [0.2, 0.25) is 5.02 Å². The minimum Gasteiger partial charge on any atom is -0.484 e. The third-order valence-corrected chi connectivity index (χ3v) is 4.22. The number of ether oxygens (including phenoxy) is 1. The van der Waals surface area contributed by atoms with Crippen molar-refractivity contribution in [2.45, 2.75) is 20.8 Å². The summed E-state index contributed by atoms with van der Waals surface area (Å²) in [6.07, 6.45) is 0. The summed E-state index contributed by atoms with van der Waals surface area (Å²) in [5.74, 6) is 0.132. The molecule has 26 heavy (non-hydrogen) atoms. The molecule has 0 saturated heterocycles. The van der Waals surface area contributed by atoms with Crippen molar-refractivity contribution in [3.05, 3.63) is 68.2 Å². The molecule has 2 rings (SSSR count). The summed E-state index contributed by atoms with van der Waals surface area (Å²) >= 11 is 6.09. The number of non-ortho nitro benzene ring substituents is 1. The zero-order valence-electron chi connectivity index (χ0n) is 14.6. The van der Waals surface area contributed by atoms with E-state index in [4.69, 9.17) is 16.3 Å². The highest BCUT2D eigenvalue weighted by Crippen LogP contribution is 2.25. The summed E-state index contributed by atoms with van der Waals surface area (Å²) in [6, 6.07) is 9.41. The molecule has 0 spiro atoms. The van der Waals surface area contributed by atoms with Gasteiger partial charge in [0, 0.05) is 17.2 Å². The van der Waals surface area contributed by atoms with Crippen LogP contribution >= 0.6 is 11.6 Å². The van der Waals surface area contributed by atoms with Gasteiger partial charge in [-0.3, -0.25) is 14.9 Å². The van der Waals surface area contributed by atoms with Crippen molar-refractivity contribution in [3.8, 4) is 5.75 Å². The van der Waals surface area contributed by atoms with Gasteiger partial charge in [0.2, 0.25) is 0 Å².